The minimum atomic E-state index is -0.302. The molecule has 32 heavy (non-hydrogen) atoms. The number of likely N-dealkylation sites (N-methyl/N-ethyl adjacent to an activating group) is 1. The van der Waals surface area contributed by atoms with Crippen molar-refractivity contribution in [3.63, 3.8) is 0 Å². The Hall–Kier alpha value is -3.04. The quantitative estimate of drug-likeness (QED) is 0.517. The fourth-order valence-electron chi connectivity index (χ4n) is 3.46. The summed E-state index contributed by atoms with van der Waals surface area (Å²) >= 11 is 1.20. The Morgan fingerprint density at radius 3 is 2.41 bits per heavy atom. The van der Waals surface area contributed by atoms with Crippen molar-refractivity contribution < 1.29 is 9.59 Å². The molecular formula is C23H29N5O3S. The summed E-state index contributed by atoms with van der Waals surface area (Å²) in [4.78, 5) is 45.3. The lowest BCUT2D eigenvalue weighted by atomic mass is 10.1. The molecule has 0 spiro atoms. The minimum absolute atomic E-state index is 0.137. The van der Waals surface area contributed by atoms with Gasteiger partial charge >= 0.3 is 0 Å². The number of carbonyl (C=O) groups excluding carboxylic acids is 2. The number of anilines is 1. The zero-order chi connectivity index (χ0) is 23.3. The van der Waals surface area contributed by atoms with Gasteiger partial charge in [-0.25, -0.2) is 4.98 Å². The van der Waals surface area contributed by atoms with Crippen LogP contribution in [0.25, 0.3) is 10.2 Å². The van der Waals surface area contributed by atoms with E-state index < -0.39 is 0 Å². The molecule has 9 heteroatoms. The second-order valence-corrected chi connectivity index (χ2v) is 8.39. The second kappa shape index (κ2) is 10.5. The van der Waals surface area contributed by atoms with Gasteiger partial charge in [0.05, 0.1) is 16.6 Å². The summed E-state index contributed by atoms with van der Waals surface area (Å²) in [5.74, 6) is -0.446. The largest absolute Gasteiger partial charge is 0.351 e. The molecule has 2 N–H and O–H groups in total. The first-order valence-electron chi connectivity index (χ1n) is 10.8. The van der Waals surface area contributed by atoms with Crippen molar-refractivity contribution in [1.82, 2.24) is 19.8 Å². The zero-order valence-corrected chi connectivity index (χ0v) is 19.7. The first kappa shape index (κ1) is 23.6. The van der Waals surface area contributed by atoms with Crippen molar-refractivity contribution in [3.05, 3.63) is 57.0 Å². The first-order chi connectivity index (χ1) is 15.4. The van der Waals surface area contributed by atoms with Crippen molar-refractivity contribution in [1.29, 1.82) is 0 Å². The van der Waals surface area contributed by atoms with Gasteiger partial charge in [0.2, 0.25) is 0 Å². The van der Waals surface area contributed by atoms with Crippen LogP contribution in [0.1, 0.15) is 46.4 Å². The number of aryl methyl sites for hydroxylation is 2. The first-order valence-corrected chi connectivity index (χ1v) is 11.6. The number of benzene rings is 1. The predicted octanol–water partition coefficient (Wildman–Crippen LogP) is 3.11. The Kier molecular flexibility index (Phi) is 7.76. The summed E-state index contributed by atoms with van der Waals surface area (Å²) in [6.07, 6.45) is 1.51. The fourth-order valence-corrected chi connectivity index (χ4v) is 4.50. The number of aromatic nitrogens is 2. The molecule has 0 saturated heterocycles. The van der Waals surface area contributed by atoms with E-state index in [1.54, 1.807) is 31.2 Å². The van der Waals surface area contributed by atoms with Crippen LogP contribution >= 0.6 is 11.3 Å². The van der Waals surface area contributed by atoms with Gasteiger partial charge in [0.25, 0.3) is 17.4 Å². The number of nitrogens with zero attached hydrogens (tertiary/aromatic N) is 3. The number of hydrogen-bond donors (Lipinski definition) is 2. The van der Waals surface area contributed by atoms with Gasteiger partial charge in [-0.1, -0.05) is 13.8 Å². The molecule has 2 amide bonds. The lowest BCUT2D eigenvalue weighted by Gasteiger charge is -2.17. The third-order valence-electron chi connectivity index (χ3n) is 5.48. The maximum absolute atomic E-state index is 12.8. The molecule has 0 radical (unpaired) electrons. The molecule has 0 aliphatic carbocycles. The lowest BCUT2D eigenvalue weighted by Crippen LogP contribution is -2.34. The highest BCUT2D eigenvalue weighted by Crippen LogP contribution is 2.27. The number of fused-ring (bicyclic) bond motifs is 1. The van der Waals surface area contributed by atoms with Crippen LogP contribution in [0, 0.1) is 6.92 Å². The smallest absolute Gasteiger partial charge is 0.266 e. The van der Waals surface area contributed by atoms with Gasteiger partial charge in [0.15, 0.2) is 0 Å². The lowest BCUT2D eigenvalue weighted by molar-refractivity contribution is 0.0948. The summed E-state index contributed by atoms with van der Waals surface area (Å²) < 4.78 is 1.52. The zero-order valence-electron chi connectivity index (χ0n) is 18.9. The second-order valence-electron chi connectivity index (χ2n) is 7.39. The third-order valence-corrected chi connectivity index (χ3v) is 6.68. The van der Waals surface area contributed by atoms with Crippen LogP contribution in [0.2, 0.25) is 0 Å². The molecule has 0 unspecified atom stereocenters. The number of carbonyl (C=O) groups is 2. The van der Waals surface area contributed by atoms with Crippen molar-refractivity contribution >= 4 is 39.1 Å². The molecule has 3 aromatic rings. The van der Waals surface area contributed by atoms with E-state index >= 15 is 0 Å². The number of hydrogen-bond acceptors (Lipinski definition) is 6. The normalized spacial score (nSPS) is 11.2. The van der Waals surface area contributed by atoms with Gasteiger partial charge in [-0.05, 0) is 56.8 Å². The molecule has 170 valence electrons. The monoisotopic (exact) mass is 455 g/mol. The van der Waals surface area contributed by atoms with Gasteiger partial charge < -0.3 is 15.5 Å². The maximum atomic E-state index is 12.8. The minimum Gasteiger partial charge on any atom is -0.351 e. The van der Waals surface area contributed by atoms with Crippen molar-refractivity contribution in [2.75, 3.05) is 31.5 Å². The molecule has 3 rings (SSSR count). The number of amides is 2. The van der Waals surface area contributed by atoms with Crippen molar-refractivity contribution in [2.45, 2.75) is 34.2 Å². The van der Waals surface area contributed by atoms with Crippen LogP contribution in [-0.4, -0.2) is 52.4 Å². The van der Waals surface area contributed by atoms with E-state index in [1.165, 1.54) is 22.2 Å². The highest BCUT2D eigenvalue weighted by Gasteiger charge is 2.19. The van der Waals surface area contributed by atoms with Gasteiger partial charge in [0, 0.05) is 30.9 Å². The SMILES string of the molecule is CCN(CC)CCNC(=O)c1ccc(NC(=O)c2sc3ncn(CC)c(=O)c3c2C)cc1. The average Bonchev–Trinajstić information content (AvgIpc) is 3.14. The van der Waals surface area contributed by atoms with Crippen LogP contribution in [0.15, 0.2) is 35.4 Å². The molecule has 0 aliphatic rings. The Morgan fingerprint density at radius 1 is 1.09 bits per heavy atom. The summed E-state index contributed by atoms with van der Waals surface area (Å²) in [6.45, 7) is 11.6. The summed E-state index contributed by atoms with van der Waals surface area (Å²) in [7, 11) is 0. The van der Waals surface area contributed by atoms with Crippen molar-refractivity contribution in [2.24, 2.45) is 0 Å². The van der Waals surface area contributed by atoms with Gasteiger partial charge in [0.1, 0.15) is 4.83 Å². The summed E-state index contributed by atoms with van der Waals surface area (Å²) in [5.41, 5.74) is 1.60. The third kappa shape index (κ3) is 5.05. The van der Waals surface area contributed by atoms with Gasteiger partial charge in [-0.15, -0.1) is 11.3 Å². The molecule has 1 aromatic carbocycles. The molecule has 0 saturated carbocycles. The molecule has 2 aromatic heterocycles. The van der Waals surface area contributed by atoms with Crippen LogP contribution < -0.4 is 16.2 Å². The van der Waals surface area contributed by atoms with Gasteiger partial charge in [-0.3, -0.25) is 19.0 Å². The van der Waals surface area contributed by atoms with E-state index in [1.807, 2.05) is 6.92 Å². The topological polar surface area (TPSA) is 96.3 Å². The van der Waals surface area contributed by atoms with Gasteiger partial charge in [-0.2, -0.15) is 0 Å². The molecule has 2 heterocycles. The summed E-state index contributed by atoms with van der Waals surface area (Å²) in [5, 5.41) is 6.25. The number of thiophene rings is 1. The molecule has 0 atom stereocenters. The van der Waals surface area contributed by atoms with Crippen LogP contribution in [0.4, 0.5) is 5.69 Å². The molecular weight excluding hydrogens is 426 g/mol. The Bertz CT molecular complexity index is 1160. The molecule has 8 nitrogen and oxygen atoms in total. The maximum Gasteiger partial charge on any atom is 0.266 e. The van der Waals surface area contributed by atoms with Crippen LogP contribution in [-0.2, 0) is 6.54 Å². The average molecular weight is 456 g/mol. The molecule has 0 aliphatic heterocycles. The van der Waals surface area contributed by atoms with Crippen LogP contribution in [0.5, 0.6) is 0 Å². The molecule has 0 bridgehead atoms. The highest BCUT2D eigenvalue weighted by atomic mass is 32.1. The highest BCUT2D eigenvalue weighted by molar-refractivity contribution is 7.20. The van der Waals surface area contributed by atoms with E-state index in [0.29, 0.717) is 45.0 Å². The fraction of sp³-hybridized carbons (Fsp3) is 0.391. The molecule has 0 fully saturated rings. The van der Waals surface area contributed by atoms with Crippen molar-refractivity contribution in [3.8, 4) is 0 Å². The Labute approximate surface area is 191 Å². The van der Waals surface area contributed by atoms with E-state index in [9.17, 15) is 14.4 Å². The Balaban J connectivity index is 1.67. The predicted molar refractivity (Wildman–Crippen MR) is 129 cm³/mol. The van der Waals surface area contributed by atoms with E-state index in [2.05, 4.69) is 34.4 Å². The van der Waals surface area contributed by atoms with E-state index in [-0.39, 0.29) is 17.4 Å². The number of rotatable bonds is 9. The van der Waals surface area contributed by atoms with Crippen LogP contribution in [0.3, 0.4) is 0 Å². The Morgan fingerprint density at radius 2 is 1.78 bits per heavy atom. The van der Waals surface area contributed by atoms with E-state index in [4.69, 9.17) is 0 Å². The van der Waals surface area contributed by atoms with E-state index in [0.717, 1.165) is 19.6 Å². The summed E-state index contributed by atoms with van der Waals surface area (Å²) in [6, 6.07) is 6.76. The standard InChI is InChI=1S/C23H29N5O3S/c1-5-27(6-2)13-12-24-20(29)16-8-10-17(11-9-16)26-21(30)19-15(4)18-22(32-19)25-14-28(7-3)23(18)31/h8-11,14H,5-7,12-13H2,1-4H3,(H,24,29)(H,26,30). The number of nitrogens with one attached hydrogen (secondary N) is 2.